The molecule has 0 heterocycles. The summed E-state index contributed by atoms with van der Waals surface area (Å²) in [5.41, 5.74) is 3.65. The molecule has 0 aliphatic rings. The number of benzene rings is 3. The number of aryl methyl sites for hydroxylation is 2. The molecular weight excluding hydrogens is 308 g/mol. The van der Waals surface area contributed by atoms with E-state index in [4.69, 9.17) is 0 Å². The quantitative estimate of drug-likeness (QED) is 0.696. The maximum absolute atomic E-state index is 12.0. The average Bonchev–Trinajstić information content (AvgIpc) is 2.49. The molecule has 0 aromatic heterocycles. The van der Waals surface area contributed by atoms with Gasteiger partial charge in [0, 0.05) is 5.56 Å². The number of fused-ring (bicyclic) bond motifs is 1. The van der Waals surface area contributed by atoms with E-state index in [1.807, 2.05) is 62.4 Å². The van der Waals surface area contributed by atoms with Gasteiger partial charge >= 0.3 is 0 Å². The van der Waals surface area contributed by atoms with E-state index in [9.17, 15) is 13.0 Å². The van der Waals surface area contributed by atoms with Crippen LogP contribution < -0.4 is 0 Å². The zero-order valence-electron chi connectivity index (χ0n) is 13.3. The molecule has 0 atom stereocenters. The van der Waals surface area contributed by atoms with Crippen LogP contribution in [0.3, 0.4) is 0 Å². The third-order valence-electron chi connectivity index (χ3n) is 4.30. The summed E-state index contributed by atoms with van der Waals surface area (Å²) >= 11 is 0. The van der Waals surface area contributed by atoms with Crippen molar-refractivity contribution in [2.75, 3.05) is 0 Å². The molecule has 0 saturated carbocycles. The molecule has 0 fully saturated rings. The van der Waals surface area contributed by atoms with E-state index >= 15 is 0 Å². The minimum atomic E-state index is -4.33. The Hall–Kier alpha value is -2.17. The first-order chi connectivity index (χ1) is 10.8. The van der Waals surface area contributed by atoms with Crippen LogP contribution in [-0.4, -0.2) is 13.0 Å². The van der Waals surface area contributed by atoms with Gasteiger partial charge in [0.1, 0.15) is 4.90 Å². The van der Waals surface area contributed by atoms with Gasteiger partial charge in [0.15, 0.2) is 0 Å². The van der Waals surface area contributed by atoms with Crippen LogP contribution in [0.1, 0.15) is 16.7 Å². The maximum atomic E-state index is 12.0. The lowest BCUT2D eigenvalue weighted by Crippen LogP contribution is -2.07. The Balaban J connectivity index is 2.52. The van der Waals surface area contributed by atoms with Gasteiger partial charge in [-0.3, -0.25) is 4.55 Å². The number of hydrogen-bond acceptors (Lipinski definition) is 2. The summed E-state index contributed by atoms with van der Waals surface area (Å²) in [6.45, 7) is 5.45. The Kier molecular flexibility index (Phi) is 3.74. The van der Waals surface area contributed by atoms with Crippen molar-refractivity contribution in [2.45, 2.75) is 25.7 Å². The zero-order valence-corrected chi connectivity index (χ0v) is 14.1. The first-order valence-corrected chi connectivity index (χ1v) is 8.81. The van der Waals surface area contributed by atoms with Crippen LogP contribution in [0.2, 0.25) is 0 Å². The Morgan fingerprint density at radius 1 is 0.870 bits per heavy atom. The lowest BCUT2D eigenvalue weighted by atomic mass is 9.92. The van der Waals surface area contributed by atoms with Crippen LogP contribution >= 0.6 is 0 Å². The largest absolute Gasteiger partial charge is 0.295 e. The van der Waals surface area contributed by atoms with Gasteiger partial charge in [-0.2, -0.15) is 8.42 Å². The Morgan fingerprint density at radius 3 is 2.22 bits per heavy atom. The molecule has 3 rings (SSSR count). The van der Waals surface area contributed by atoms with Gasteiger partial charge < -0.3 is 0 Å². The van der Waals surface area contributed by atoms with Crippen molar-refractivity contribution in [2.24, 2.45) is 0 Å². The smallest absolute Gasteiger partial charge is 0.282 e. The molecule has 1 N–H and O–H groups in total. The molecule has 0 unspecified atom stereocenters. The summed E-state index contributed by atoms with van der Waals surface area (Å²) in [7, 11) is -4.33. The van der Waals surface area contributed by atoms with E-state index < -0.39 is 10.1 Å². The van der Waals surface area contributed by atoms with Gasteiger partial charge in [-0.15, -0.1) is 0 Å². The number of rotatable bonds is 2. The fraction of sp³-hybridized carbons (Fsp3) is 0.158. The van der Waals surface area contributed by atoms with Gasteiger partial charge in [0.05, 0.1) is 0 Å². The average molecular weight is 326 g/mol. The Labute approximate surface area is 136 Å². The fourth-order valence-corrected chi connectivity index (χ4v) is 4.23. The van der Waals surface area contributed by atoms with Crippen molar-refractivity contribution in [3.05, 3.63) is 65.2 Å². The molecule has 0 saturated heterocycles. The van der Waals surface area contributed by atoms with Gasteiger partial charge in [0.25, 0.3) is 10.1 Å². The standard InChI is InChI=1S/C19H18O3S/c1-12-11-13(2)18(19(14(12)3)23(20,21)22)17-10-6-8-15-7-4-5-9-16(15)17/h4-11H,1-3H3,(H,20,21,22). The zero-order chi connectivity index (χ0) is 16.8. The summed E-state index contributed by atoms with van der Waals surface area (Å²) in [6, 6.07) is 15.6. The Morgan fingerprint density at radius 2 is 1.52 bits per heavy atom. The molecular formula is C19H18O3S. The fourth-order valence-electron chi connectivity index (χ4n) is 3.15. The highest BCUT2D eigenvalue weighted by Gasteiger charge is 2.23. The van der Waals surface area contributed by atoms with Crippen molar-refractivity contribution in [1.29, 1.82) is 0 Å². The molecule has 0 bridgehead atoms. The molecule has 23 heavy (non-hydrogen) atoms. The molecule has 0 spiro atoms. The van der Waals surface area contributed by atoms with E-state index in [1.165, 1.54) is 0 Å². The Bertz CT molecular complexity index is 1010. The summed E-state index contributed by atoms with van der Waals surface area (Å²) in [5, 5.41) is 2.00. The van der Waals surface area contributed by atoms with E-state index in [2.05, 4.69) is 0 Å². The first kappa shape index (κ1) is 15.7. The second-order valence-electron chi connectivity index (χ2n) is 5.84. The molecule has 0 aliphatic carbocycles. The van der Waals surface area contributed by atoms with Crippen LogP contribution in [0.25, 0.3) is 21.9 Å². The van der Waals surface area contributed by atoms with E-state index in [-0.39, 0.29) is 4.90 Å². The van der Waals surface area contributed by atoms with Crippen molar-refractivity contribution < 1.29 is 13.0 Å². The molecule has 4 heteroatoms. The second-order valence-corrected chi connectivity index (χ2v) is 7.20. The van der Waals surface area contributed by atoms with E-state index in [1.54, 1.807) is 6.92 Å². The van der Waals surface area contributed by atoms with Gasteiger partial charge in [-0.25, -0.2) is 0 Å². The lowest BCUT2D eigenvalue weighted by molar-refractivity contribution is 0.482. The topological polar surface area (TPSA) is 54.4 Å². The molecule has 118 valence electrons. The van der Waals surface area contributed by atoms with Crippen molar-refractivity contribution in [3.8, 4) is 11.1 Å². The van der Waals surface area contributed by atoms with Crippen LogP contribution in [0.15, 0.2) is 53.4 Å². The van der Waals surface area contributed by atoms with Crippen molar-refractivity contribution >= 4 is 20.9 Å². The lowest BCUT2D eigenvalue weighted by Gasteiger charge is -2.17. The molecule has 0 radical (unpaired) electrons. The van der Waals surface area contributed by atoms with Crippen LogP contribution in [0.4, 0.5) is 0 Å². The summed E-state index contributed by atoms with van der Waals surface area (Å²) in [6.07, 6.45) is 0. The normalized spacial score (nSPS) is 11.8. The molecule has 0 aliphatic heterocycles. The van der Waals surface area contributed by atoms with Crippen LogP contribution in [0.5, 0.6) is 0 Å². The predicted octanol–water partition coefficient (Wildman–Crippen LogP) is 4.68. The summed E-state index contributed by atoms with van der Waals surface area (Å²) in [4.78, 5) is 0.00588. The van der Waals surface area contributed by atoms with Gasteiger partial charge in [-0.1, -0.05) is 48.5 Å². The van der Waals surface area contributed by atoms with Crippen molar-refractivity contribution in [1.82, 2.24) is 0 Å². The molecule has 3 aromatic rings. The molecule has 0 amide bonds. The van der Waals surface area contributed by atoms with E-state index in [0.29, 0.717) is 11.1 Å². The highest BCUT2D eigenvalue weighted by molar-refractivity contribution is 7.86. The van der Waals surface area contributed by atoms with Gasteiger partial charge in [0.2, 0.25) is 0 Å². The van der Waals surface area contributed by atoms with E-state index in [0.717, 1.165) is 27.5 Å². The summed E-state index contributed by atoms with van der Waals surface area (Å²) in [5.74, 6) is 0. The minimum absolute atomic E-state index is 0.00588. The number of hydrogen-bond donors (Lipinski definition) is 1. The second kappa shape index (κ2) is 5.48. The van der Waals surface area contributed by atoms with Crippen LogP contribution in [0, 0.1) is 20.8 Å². The third kappa shape index (κ3) is 2.64. The summed E-state index contributed by atoms with van der Waals surface area (Å²) < 4.78 is 33.9. The van der Waals surface area contributed by atoms with Gasteiger partial charge in [-0.05, 0) is 53.8 Å². The third-order valence-corrected chi connectivity index (χ3v) is 5.33. The minimum Gasteiger partial charge on any atom is -0.282 e. The SMILES string of the molecule is Cc1cc(C)c(-c2cccc3ccccc23)c(S(=O)(=O)O)c1C. The monoisotopic (exact) mass is 326 g/mol. The highest BCUT2D eigenvalue weighted by atomic mass is 32.2. The molecule has 3 aromatic carbocycles. The predicted molar refractivity (Wildman–Crippen MR) is 93.4 cm³/mol. The van der Waals surface area contributed by atoms with Crippen molar-refractivity contribution in [3.63, 3.8) is 0 Å². The maximum Gasteiger partial charge on any atom is 0.295 e. The van der Waals surface area contributed by atoms with Crippen LogP contribution in [-0.2, 0) is 10.1 Å². The highest BCUT2D eigenvalue weighted by Crippen LogP contribution is 2.38. The first-order valence-electron chi connectivity index (χ1n) is 7.37. The molecule has 3 nitrogen and oxygen atoms in total.